The lowest BCUT2D eigenvalue weighted by Gasteiger charge is -2.24. The SMILES string of the molecule is O=C1CC(C2CCSC2)CC(=O)O1. The first kappa shape index (κ1) is 9.06. The summed E-state index contributed by atoms with van der Waals surface area (Å²) in [5.41, 5.74) is 0. The van der Waals surface area contributed by atoms with Gasteiger partial charge in [0, 0.05) is 12.8 Å². The van der Waals surface area contributed by atoms with Crippen molar-refractivity contribution in [1.82, 2.24) is 0 Å². The second kappa shape index (κ2) is 3.70. The monoisotopic (exact) mass is 200 g/mol. The summed E-state index contributed by atoms with van der Waals surface area (Å²) < 4.78 is 4.49. The van der Waals surface area contributed by atoms with Crippen molar-refractivity contribution in [2.45, 2.75) is 19.3 Å². The normalized spacial score (nSPS) is 30.6. The van der Waals surface area contributed by atoms with Crippen LogP contribution in [0.4, 0.5) is 0 Å². The zero-order valence-electron chi connectivity index (χ0n) is 7.32. The summed E-state index contributed by atoms with van der Waals surface area (Å²) >= 11 is 1.91. The molecule has 0 saturated carbocycles. The standard InChI is InChI=1S/C9H12O3S/c10-8-3-7(4-9(11)12-8)6-1-2-13-5-6/h6-7H,1-5H2. The minimum absolute atomic E-state index is 0.253. The van der Waals surface area contributed by atoms with Crippen molar-refractivity contribution >= 4 is 23.7 Å². The summed E-state index contributed by atoms with van der Waals surface area (Å²) in [4.78, 5) is 22.0. The molecule has 0 aromatic rings. The highest BCUT2D eigenvalue weighted by molar-refractivity contribution is 7.99. The summed E-state index contributed by atoms with van der Waals surface area (Å²) in [7, 11) is 0. The molecule has 0 aromatic heterocycles. The fraction of sp³-hybridized carbons (Fsp3) is 0.778. The van der Waals surface area contributed by atoms with Gasteiger partial charge in [-0.15, -0.1) is 0 Å². The summed E-state index contributed by atoms with van der Waals surface area (Å²) in [6.45, 7) is 0. The highest BCUT2D eigenvalue weighted by Gasteiger charge is 2.34. The van der Waals surface area contributed by atoms with Gasteiger partial charge in [0.25, 0.3) is 0 Å². The molecule has 0 amide bonds. The van der Waals surface area contributed by atoms with E-state index in [9.17, 15) is 9.59 Å². The largest absolute Gasteiger partial charge is 0.393 e. The predicted molar refractivity (Wildman–Crippen MR) is 49.3 cm³/mol. The van der Waals surface area contributed by atoms with Gasteiger partial charge < -0.3 is 4.74 Å². The maximum Gasteiger partial charge on any atom is 0.313 e. The van der Waals surface area contributed by atoms with Crippen LogP contribution in [0.3, 0.4) is 0 Å². The van der Waals surface area contributed by atoms with Crippen molar-refractivity contribution in [3.63, 3.8) is 0 Å². The van der Waals surface area contributed by atoms with Gasteiger partial charge in [0.2, 0.25) is 0 Å². The van der Waals surface area contributed by atoms with Crippen LogP contribution in [-0.2, 0) is 14.3 Å². The molecule has 0 spiro atoms. The maximum absolute atomic E-state index is 11.0. The molecule has 2 rings (SSSR count). The average molecular weight is 200 g/mol. The van der Waals surface area contributed by atoms with E-state index >= 15 is 0 Å². The Balaban J connectivity index is 1.97. The third kappa shape index (κ3) is 2.05. The molecule has 2 saturated heterocycles. The fourth-order valence-corrected chi connectivity index (χ4v) is 3.35. The number of hydrogen-bond acceptors (Lipinski definition) is 4. The molecule has 72 valence electrons. The summed E-state index contributed by atoms with van der Waals surface area (Å²) in [6, 6.07) is 0. The van der Waals surface area contributed by atoms with Gasteiger partial charge in [0.15, 0.2) is 0 Å². The molecular formula is C9H12O3S. The first-order valence-electron chi connectivity index (χ1n) is 4.57. The molecule has 0 radical (unpaired) electrons. The van der Waals surface area contributed by atoms with Crippen LogP contribution in [0.25, 0.3) is 0 Å². The van der Waals surface area contributed by atoms with Crippen LogP contribution in [0.2, 0.25) is 0 Å². The van der Waals surface area contributed by atoms with Crippen LogP contribution in [0, 0.1) is 11.8 Å². The van der Waals surface area contributed by atoms with Gasteiger partial charge in [-0.3, -0.25) is 9.59 Å². The van der Waals surface area contributed by atoms with Crippen LogP contribution in [0.15, 0.2) is 0 Å². The molecule has 13 heavy (non-hydrogen) atoms. The smallest absolute Gasteiger partial charge is 0.313 e. The lowest BCUT2D eigenvalue weighted by Crippen LogP contribution is -2.30. The lowest BCUT2D eigenvalue weighted by molar-refractivity contribution is -0.166. The van der Waals surface area contributed by atoms with E-state index in [4.69, 9.17) is 0 Å². The summed E-state index contributed by atoms with van der Waals surface area (Å²) in [6.07, 6.45) is 2.03. The third-order valence-corrected chi connectivity index (χ3v) is 3.91. The van der Waals surface area contributed by atoms with Gasteiger partial charge in [0.05, 0.1) is 0 Å². The number of hydrogen-bond donors (Lipinski definition) is 0. The van der Waals surface area contributed by atoms with Crippen molar-refractivity contribution in [2.75, 3.05) is 11.5 Å². The second-order valence-electron chi connectivity index (χ2n) is 3.64. The Kier molecular flexibility index (Phi) is 2.58. The molecular weight excluding hydrogens is 188 g/mol. The quantitative estimate of drug-likeness (QED) is 0.471. The van der Waals surface area contributed by atoms with E-state index < -0.39 is 0 Å². The minimum Gasteiger partial charge on any atom is -0.393 e. The van der Waals surface area contributed by atoms with Crippen molar-refractivity contribution in [3.05, 3.63) is 0 Å². The highest BCUT2D eigenvalue weighted by atomic mass is 32.2. The van der Waals surface area contributed by atoms with Crippen LogP contribution in [-0.4, -0.2) is 23.4 Å². The molecule has 0 N–H and O–H groups in total. The number of cyclic esters (lactones) is 2. The van der Waals surface area contributed by atoms with Crippen molar-refractivity contribution in [1.29, 1.82) is 0 Å². The Labute approximate surface area is 81.2 Å². The Morgan fingerprint density at radius 3 is 2.38 bits per heavy atom. The molecule has 4 heteroatoms. The minimum atomic E-state index is -0.335. The predicted octanol–water partition coefficient (Wildman–Crippen LogP) is 1.22. The molecule has 0 bridgehead atoms. The van der Waals surface area contributed by atoms with Crippen LogP contribution >= 0.6 is 11.8 Å². The molecule has 3 nitrogen and oxygen atoms in total. The maximum atomic E-state index is 11.0. The van der Waals surface area contributed by atoms with Crippen LogP contribution in [0.1, 0.15) is 19.3 Å². The van der Waals surface area contributed by atoms with E-state index in [1.54, 1.807) is 0 Å². The number of rotatable bonds is 1. The van der Waals surface area contributed by atoms with Gasteiger partial charge in [-0.1, -0.05) is 0 Å². The van der Waals surface area contributed by atoms with E-state index in [0.29, 0.717) is 18.8 Å². The molecule has 1 atom stereocenters. The van der Waals surface area contributed by atoms with E-state index in [1.165, 1.54) is 5.75 Å². The summed E-state index contributed by atoms with van der Waals surface area (Å²) in [5, 5.41) is 0. The lowest BCUT2D eigenvalue weighted by atomic mass is 9.85. The van der Waals surface area contributed by atoms with Crippen molar-refractivity contribution in [2.24, 2.45) is 11.8 Å². The molecule has 0 aromatic carbocycles. The Morgan fingerprint density at radius 1 is 1.15 bits per heavy atom. The Bertz CT molecular complexity index is 217. The molecule has 1 unspecified atom stereocenters. The van der Waals surface area contributed by atoms with E-state index in [-0.39, 0.29) is 17.9 Å². The number of ether oxygens (including phenoxy) is 1. The van der Waals surface area contributed by atoms with Gasteiger partial charge in [-0.05, 0) is 29.8 Å². The van der Waals surface area contributed by atoms with E-state index in [0.717, 1.165) is 12.2 Å². The molecule has 2 fully saturated rings. The van der Waals surface area contributed by atoms with Crippen LogP contribution < -0.4 is 0 Å². The number of carbonyl (C=O) groups excluding carboxylic acids is 2. The van der Waals surface area contributed by atoms with E-state index in [2.05, 4.69) is 4.74 Å². The van der Waals surface area contributed by atoms with Gasteiger partial charge in [-0.25, -0.2) is 0 Å². The number of carbonyl (C=O) groups is 2. The highest BCUT2D eigenvalue weighted by Crippen LogP contribution is 2.35. The Morgan fingerprint density at radius 2 is 1.85 bits per heavy atom. The first-order valence-corrected chi connectivity index (χ1v) is 5.72. The molecule has 2 aliphatic rings. The number of esters is 2. The van der Waals surface area contributed by atoms with Crippen molar-refractivity contribution < 1.29 is 14.3 Å². The molecule has 2 aliphatic heterocycles. The molecule has 0 aliphatic carbocycles. The van der Waals surface area contributed by atoms with Gasteiger partial charge >= 0.3 is 11.9 Å². The first-order chi connectivity index (χ1) is 6.25. The topological polar surface area (TPSA) is 43.4 Å². The van der Waals surface area contributed by atoms with Crippen molar-refractivity contribution in [3.8, 4) is 0 Å². The van der Waals surface area contributed by atoms with Crippen LogP contribution in [0.5, 0.6) is 0 Å². The Hall–Kier alpha value is -0.510. The fourth-order valence-electron chi connectivity index (χ4n) is 1.97. The zero-order chi connectivity index (χ0) is 9.26. The second-order valence-corrected chi connectivity index (χ2v) is 4.79. The average Bonchev–Trinajstić information content (AvgIpc) is 2.53. The van der Waals surface area contributed by atoms with Gasteiger partial charge in [-0.2, -0.15) is 11.8 Å². The zero-order valence-corrected chi connectivity index (χ0v) is 8.14. The third-order valence-electron chi connectivity index (χ3n) is 2.72. The van der Waals surface area contributed by atoms with E-state index in [1.807, 2.05) is 11.8 Å². The number of thioether (sulfide) groups is 1. The molecule has 2 heterocycles. The van der Waals surface area contributed by atoms with Gasteiger partial charge in [0.1, 0.15) is 0 Å². The summed E-state index contributed by atoms with van der Waals surface area (Å²) in [5.74, 6) is 2.41.